The second-order valence-electron chi connectivity index (χ2n) is 5.31. The molecule has 0 heterocycles. The van der Waals surface area contributed by atoms with Crippen LogP contribution in [0, 0.1) is 11.8 Å². The highest BCUT2D eigenvalue weighted by atomic mass is 32.3. The molecule has 0 atom stereocenters. The van der Waals surface area contributed by atoms with Crippen molar-refractivity contribution in [1.29, 1.82) is 0 Å². The molecule has 0 aliphatic carbocycles. The van der Waals surface area contributed by atoms with E-state index in [1.54, 1.807) is 0 Å². The zero-order valence-electron chi connectivity index (χ0n) is 11.4. The predicted octanol–water partition coefficient (Wildman–Crippen LogP) is 5.20. The topological polar surface area (TPSA) is 0 Å². The van der Waals surface area contributed by atoms with E-state index in [4.69, 9.17) is 0 Å². The van der Waals surface area contributed by atoms with Gasteiger partial charge in [0, 0.05) is 0 Å². The smallest absolute Gasteiger partial charge is 0.224 e. The average molecular weight is 284 g/mol. The Morgan fingerprint density at radius 3 is 1.82 bits per heavy atom. The molecule has 0 saturated carbocycles. The lowest BCUT2D eigenvalue weighted by atomic mass is 10.3. The van der Waals surface area contributed by atoms with Gasteiger partial charge in [0.1, 0.15) is 0 Å². The first-order valence-electron chi connectivity index (χ1n) is 6.29. The molecule has 0 saturated heterocycles. The van der Waals surface area contributed by atoms with Crippen LogP contribution in [0.4, 0.5) is 0 Å². The molecule has 3 heteroatoms. The molecule has 0 amide bonds. The van der Waals surface area contributed by atoms with Crippen molar-refractivity contribution in [3.05, 3.63) is 30.3 Å². The van der Waals surface area contributed by atoms with Gasteiger partial charge in [-0.3, -0.25) is 0 Å². The number of hydrogen-bond donors (Lipinski definition) is 0. The van der Waals surface area contributed by atoms with Gasteiger partial charge in [0.2, 0.25) is 0 Å². The zero-order valence-corrected chi connectivity index (χ0v) is 14.4. The van der Waals surface area contributed by atoms with Gasteiger partial charge >= 0.3 is 13.0 Å². The molecule has 0 unspecified atom stereocenters. The van der Waals surface area contributed by atoms with Crippen LogP contribution in [0.2, 0.25) is 10.6 Å². The van der Waals surface area contributed by atoms with E-state index in [0.717, 1.165) is 11.8 Å². The quantitative estimate of drug-likeness (QED) is 0.647. The Morgan fingerprint density at radius 2 is 1.41 bits per heavy atom. The summed E-state index contributed by atoms with van der Waals surface area (Å²) in [5.41, 5.74) is 0. The highest BCUT2D eigenvalue weighted by Crippen LogP contribution is 2.29. The van der Waals surface area contributed by atoms with Gasteiger partial charge < -0.3 is 0 Å². The third-order valence-electron chi connectivity index (χ3n) is 2.51. The largest absolute Gasteiger partial charge is 0.357 e. The van der Waals surface area contributed by atoms with Crippen molar-refractivity contribution in [2.45, 2.75) is 43.2 Å². The summed E-state index contributed by atoms with van der Waals surface area (Å²) < 4.78 is 0. The molecule has 0 aliphatic heterocycles. The molecule has 96 valence electrons. The summed E-state index contributed by atoms with van der Waals surface area (Å²) in [5.74, 6) is 1.71. The summed E-state index contributed by atoms with van der Waals surface area (Å²) in [7, 11) is 2.18. The van der Waals surface area contributed by atoms with E-state index < -0.39 is 13.0 Å². The van der Waals surface area contributed by atoms with Gasteiger partial charge in [-0.25, -0.2) is 10.1 Å². The van der Waals surface area contributed by atoms with Crippen molar-refractivity contribution in [2.24, 2.45) is 11.8 Å². The Kier molecular flexibility index (Phi) is 9.64. The second-order valence-corrected chi connectivity index (χ2v) is 10.9. The maximum absolute atomic E-state index is 2.35. The Bertz CT molecular complexity index is 276. The molecular weight excluding hydrogens is 259 g/mol. The molecule has 0 spiro atoms. The van der Waals surface area contributed by atoms with Gasteiger partial charge in [-0.05, 0) is 4.90 Å². The van der Waals surface area contributed by atoms with Gasteiger partial charge in [-0.1, -0.05) is 80.4 Å². The Balaban J connectivity index is 0.00000256. The van der Waals surface area contributed by atoms with Crippen LogP contribution in [0.1, 0.15) is 27.7 Å². The summed E-state index contributed by atoms with van der Waals surface area (Å²) in [6.07, 6.45) is 0. The van der Waals surface area contributed by atoms with E-state index in [1.807, 2.05) is 0 Å². The molecule has 0 fully saturated rings. The van der Waals surface area contributed by atoms with Crippen LogP contribution in [0.5, 0.6) is 0 Å². The van der Waals surface area contributed by atoms with Crippen molar-refractivity contribution >= 4 is 36.6 Å². The first-order valence-corrected chi connectivity index (χ1v) is 10.2. The molecule has 1 aromatic rings. The Hall–Kier alpha value is 0.452. The summed E-state index contributed by atoms with van der Waals surface area (Å²) in [4.78, 5) is 1.47. The maximum atomic E-state index is 2.35. The van der Waals surface area contributed by atoms with Gasteiger partial charge in [0.25, 0.3) is 0 Å². The van der Waals surface area contributed by atoms with Crippen LogP contribution in [-0.4, -0.2) is 13.0 Å². The fourth-order valence-electron chi connectivity index (χ4n) is 1.94. The lowest BCUT2D eigenvalue weighted by Crippen LogP contribution is -2.13. The average Bonchev–Trinajstić information content (AvgIpc) is 2.16. The van der Waals surface area contributed by atoms with Crippen molar-refractivity contribution in [3.8, 4) is 0 Å². The van der Waals surface area contributed by atoms with Crippen LogP contribution in [0.3, 0.4) is 0 Å². The molecule has 0 aliphatic rings. The molecule has 1 aromatic carbocycles. The lowest BCUT2D eigenvalue weighted by molar-refractivity contribution is 0.698. The molecule has 0 bridgehead atoms. The molecule has 0 radical (unpaired) electrons. The molecule has 1 rings (SSSR count). The van der Waals surface area contributed by atoms with E-state index in [-0.39, 0.29) is 13.5 Å². The van der Waals surface area contributed by atoms with Crippen LogP contribution in [0.25, 0.3) is 0 Å². The molecule has 0 aromatic heterocycles. The van der Waals surface area contributed by atoms with E-state index in [1.165, 1.54) is 15.5 Å². The highest BCUT2D eigenvalue weighted by Gasteiger charge is 2.21. The lowest BCUT2D eigenvalue weighted by Gasteiger charge is -2.15. The van der Waals surface area contributed by atoms with E-state index >= 15 is 0 Å². The van der Waals surface area contributed by atoms with Crippen molar-refractivity contribution in [3.63, 3.8) is 0 Å². The first kappa shape index (κ1) is 17.5. The van der Waals surface area contributed by atoms with Gasteiger partial charge in [0.15, 0.2) is 0 Å². The Morgan fingerprint density at radius 1 is 0.941 bits per heavy atom. The minimum atomic E-state index is -0.660. The second kappa shape index (κ2) is 9.39. The standard InChI is InChI=1S/C6H6S.2C4H9.Al.H2S/c7-6-4-2-1-3-5-6;2*1-4(2)3;;/h1-5,7H;2*4H,1H2,2-3H3;;1H2/q;;;+1;/p-1. The third-order valence-corrected chi connectivity index (χ3v) is 9.30. The SMILES string of the molecule is CC(C)[CH2][Al]([CH2]C(C)C)[S]c1ccccc1.S. The number of benzene rings is 1. The third kappa shape index (κ3) is 8.22. The van der Waals surface area contributed by atoms with Crippen molar-refractivity contribution < 1.29 is 0 Å². The Labute approximate surface area is 121 Å². The van der Waals surface area contributed by atoms with Gasteiger partial charge in [-0.2, -0.15) is 13.5 Å². The van der Waals surface area contributed by atoms with Crippen molar-refractivity contribution in [1.82, 2.24) is 0 Å². The van der Waals surface area contributed by atoms with Crippen LogP contribution >= 0.6 is 23.6 Å². The summed E-state index contributed by atoms with van der Waals surface area (Å²) in [6.45, 7) is 9.41. The fourth-order valence-corrected chi connectivity index (χ4v) is 9.64. The zero-order chi connectivity index (χ0) is 12.0. The number of hydrogen-bond acceptors (Lipinski definition) is 1. The minimum Gasteiger partial charge on any atom is -0.224 e. The van der Waals surface area contributed by atoms with Gasteiger partial charge in [0.05, 0.1) is 0 Å². The van der Waals surface area contributed by atoms with Crippen molar-refractivity contribution in [2.75, 3.05) is 0 Å². The predicted molar refractivity (Wildman–Crippen MR) is 87.7 cm³/mol. The van der Waals surface area contributed by atoms with E-state index in [9.17, 15) is 0 Å². The monoisotopic (exact) mass is 284 g/mol. The minimum absolute atomic E-state index is 0. The van der Waals surface area contributed by atoms with E-state index in [0.29, 0.717) is 0 Å². The first-order chi connectivity index (χ1) is 7.58. The maximum Gasteiger partial charge on any atom is 0.357 e. The van der Waals surface area contributed by atoms with Crippen LogP contribution < -0.4 is 0 Å². The number of rotatable bonds is 6. The van der Waals surface area contributed by atoms with E-state index in [2.05, 4.69) is 68.2 Å². The summed E-state index contributed by atoms with van der Waals surface area (Å²) in [6, 6.07) is 10.9. The summed E-state index contributed by atoms with van der Waals surface area (Å²) >= 11 is -0.660. The van der Waals surface area contributed by atoms with Crippen LogP contribution in [-0.2, 0) is 0 Å². The normalized spacial score (nSPS) is 10.5. The van der Waals surface area contributed by atoms with Crippen LogP contribution in [0.15, 0.2) is 35.2 Å². The molecule has 0 nitrogen and oxygen atoms in total. The molecule has 17 heavy (non-hydrogen) atoms. The molecule has 0 N–H and O–H groups in total. The highest BCUT2D eigenvalue weighted by molar-refractivity contribution is 8.25. The fraction of sp³-hybridized carbons (Fsp3) is 0.571. The van der Waals surface area contributed by atoms with Gasteiger partial charge in [-0.15, -0.1) is 0 Å². The molecular formula is C14H25AlS2. The summed E-state index contributed by atoms with van der Waals surface area (Å²) in [5, 5.41) is 2.91.